The summed E-state index contributed by atoms with van der Waals surface area (Å²) < 4.78 is 15.7. The number of ether oxygens (including phenoxy) is 3. The summed E-state index contributed by atoms with van der Waals surface area (Å²) in [7, 11) is 3.33. The highest BCUT2D eigenvalue weighted by Gasteiger charge is 2.05. The average molecular weight is 300 g/mol. The van der Waals surface area contributed by atoms with Crippen molar-refractivity contribution in [3.05, 3.63) is 23.8 Å². The SMILES string of the molecule is C#CCOc1ccc(CNCCCOC)cc1OC.Cl. The molecule has 0 fully saturated rings. The third-order valence-electron chi connectivity index (χ3n) is 2.57. The van der Waals surface area contributed by atoms with E-state index in [2.05, 4.69) is 11.2 Å². The van der Waals surface area contributed by atoms with E-state index in [1.807, 2.05) is 18.2 Å². The summed E-state index contributed by atoms with van der Waals surface area (Å²) in [6, 6.07) is 5.83. The van der Waals surface area contributed by atoms with Gasteiger partial charge in [0, 0.05) is 20.3 Å². The molecule has 0 saturated heterocycles. The van der Waals surface area contributed by atoms with Crippen LogP contribution < -0.4 is 14.8 Å². The van der Waals surface area contributed by atoms with Gasteiger partial charge in [-0.25, -0.2) is 0 Å². The second kappa shape index (κ2) is 11.4. The van der Waals surface area contributed by atoms with Crippen LogP contribution in [-0.2, 0) is 11.3 Å². The maximum atomic E-state index is 5.39. The summed E-state index contributed by atoms with van der Waals surface area (Å²) in [4.78, 5) is 0. The normalized spacial score (nSPS) is 9.45. The molecule has 0 aromatic heterocycles. The summed E-state index contributed by atoms with van der Waals surface area (Å²) >= 11 is 0. The minimum Gasteiger partial charge on any atom is -0.493 e. The Labute approximate surface area is 127 Å². The van der Waals surface area contributed by atoms with Crippen molar-refractivity contribution in [1.29, 1.82) is 0 Å². The van der Waals surface area contributed by atoms with E-state index in [9.17, 15) is 0 Å². The molecule has 0 atom stereocenters. The Kier molecular flexibility index (Phi) is 10.6. The van der Waals surface area contributed by atoms with Gasteiger partial charge in [0.1, 0.15) is 6.61 Å². The fourth-order valence-electron chi connectivity index (χ4n) is 1.63. The Hall–Kier alpha value is -1.41. The molecule has 5 heteroatoms. The summed E-state index contributed by atoms with van der Waals surface area (Å²) in [5.74, 6) is 3.80. The molecule has 0 spiro atoms. The Morgan fingerprint density at radius 3 is 2.70 bits per heavy atom. The molecule has 112 valence electrons. The van der Waals surface area contributed by atoms with Crippen LogP contribution in [0.2, 0.25) is 0 Å². The van der Waals surface area contributed by atoms with Gasteiger partial charge in [-0.05, 0) is 30.7 Å². The van der Waals surface area contributed by atoms with Crippen molar-refractivity contribution >= 4 is 12.4 Å². The number of nitrogens with one attached hydrogen (secondary N) is 1. The van der Waals surface area contributed by atoms with E-state index >= 15 is 0 Å². The van der Waals surface area contributed by atoms with Gasteiger partial charge in [-0.2, -0.15) is 0 Å². The number of rotatable bonds is 9. The molecule has 0 heterocycles. The highest BCUT2D eigenvalue weighted by Crippen LogP contribution is 2.27. The zero-order valence-electron chi connectivity index (χ0n) is 12.0. The van der Waals surface area contributed by atoms with Crippen LogP contribution >= 0.6 is 12.4 Å². The van der Waals surface area contributed by atoms with E-state index < -0.39 is 0 Å². The number of halogens is 1. The van der Waals surface area contributed by atoms with Gasteiger partial charge < -0.3 is 19.5 Å². The molecule has 0 radical (unpaired) electrons. The third-order valence-corrected chi connectivity index (χ3v) is 2.57. The molecule has 0 aliphatic carbocycles. The van der Waals surface area contributed by atoms with Crippen molar-refractivity contribution in [3.8, 4) is 23.8 Å². The van der Waals surface area contributed by atoms with Crippen molar-refractivity contribution in [2.45, 2.75) is 13.0 Å². The van der Waals surface area contributed by atoms with Crippen LogP contribution in [-0.4, -0.2) is 34.0 Å². The number of terminal acetylenes is 1. The Bertz CT molecular complexity index is 418. The monoisotopic (exact) mass is 299 g/mol. The molecule has 0 aliphatic rings. The molecule has 0 aliphatic heterocycles. The first-order chi connectivity index (χ1) is 9.31. The number of benzene rings is 1. The standard InChI is InChI=1S/C15H21NO3.ClH/c1-4-9-19-14-7-6-13(11-15(14)18-3)12-16-8-5-10-17-2;/h1,6-7,11,16H,5,8-10,12H2,2-3H3;1H. The third kappa shape index (κ3) is 6.67. The zero-order chi connectivity index (χ0) is 13.9. The van der Waals surface area contributed by atoms with Crippen LogP contribution in [0.5, 0.6) is 11.5 Å². The van der Waals surface area contributed by atoms with Crippen LogP contribution in [0.25, 0.3) is 0 Å². The molecule has 1 aromatic rings. The minimum absolute atomic E-state index is 0. The van der Waals surface area contributed by atoms with Crippen LogP contribution in [0.1, 0.15) is 12.0 Å². The van der Waals surface area contributed by atoms with Crippen molar-refractivity contribution in [3.63, 3.8) is 0 Å². The van der Waals surface area contributed by atoms with E-state index in [4.69, 9.17) is 20.6 Å². The lowest BCUT2D eigenvalue weighted by Gasteiger charge is -2.11. The van der Waals surface area contributed by atoms with Gasteiger partial charge in [-0.15, -0.1) is 18.8 Å². The number of hydrogen-bond donors (Lipinski definition) is 1. The first-order valence-corrected chi connectivity index (χ1v) is 6.24. The minimum atomic E-state index is 0. The van der Waals surface area contributed by atoms with Gasteiger partial charge in [0.25, 0.3) is 0 Å². The molecule has 1 rings (SSSR count). The number of hydrogen-bond acceptors (Lipinski definition) is 4. The lowest BCUT2D eigenvalue weighted by atomic mass is 10.2. The van der Waals surface area contributed by atoms with E-state index in [-0.39, 0.29) is 19.0 Å². The van der Waals surface area contributed by atoms with Gasteiger partial charge in [0.2, 0.25) is 0 Å². The first kappa shape index (κ1) is 18.6. The maximum Gasteiger partial charge on any atom is 0.162 e. The molecule has 0 unspecified atom stereocenters. The zero-order valence-corrected chi connectivity index (χ0v) is 12.8. The maximum absolute atomic E-state index is 5.39. The molecule has 0 bridgehead atoms. The van der Waals surface area contributed by atoms with Gasteiger partial charge in [0.05, 0.1) is 7.11 Å². The van der Waals surface area contributed by atoms with Crippen LogP contribution in [0, 0.1) is 12.3 Å². The number of methoxy groups -OCH3 is 2. The second-order valence-corrected chi connectivity index (χ2v) is 4.00. The van der Waals surface area contributed by atoms with Crippen molar-refractivity contribution < 1.29 is 14.2 Å². The molecule has 20 heavy (non-hydrogen) atoms. The Balaban J connectivity index is 0.00000361. The molecule has 4 nitrogen and oxygen atoms in total. The Morgan fingerprint density at radius 2 is 2.05 bits per heavy atom. The highest BCUT2D eigenvalue weighted by molar-refractivity contribution is 5.85. The quantitative estimate of drug-likeness (QED) is 0.561. The van der Waals surface area contributed by atoms with Crippen molar-refractivity contribution in [2.24, 2.45) is 0 Å². The Morgan fingerprint density at radius 1 is 1.25 bits per heavy atom. The first-order valence-electron chi connectivity index (χ1n) is 6.24. The summed E-state index contributed by atoms with van der Waals surface area (Å²) in [6.07, 6.45) is 6.16. The topological polar surface area (TPSA) is 39.7 Å². The van der Waals surface area contributed by atoms with Crippen LogP contribution in [0.4, 0.5) is 0 Å². The van der Waals surface area contributed by atoms with Crippen molar-refractivity contribution in [2.75, 3.05) is 34.0 Å². The highest BCUT2D eigenvalue weighted by atomic mass is 35.5. The molecular weight excluding hydrogens is 278 g/mol. The predicted octanol–water partition coefficient (Wildman–Crippen LogP) is 2.26. The van der Waals surface area contributed by atoms with Gasteiger partial charge >= 0.3 is 0 Å². The van der Waals surface area contributed by atoms with E-state index in [0.29, 0.717) is 11.5 Å². The second-order valence-electron chi connectivity index (χ2n) is 4.00. The molecule has 1 aromatic carbocycles. The van der Waals surface area contributed by atoms with Gasteiger partial charge in [-0.1, -0.05) is 12.0 Å². The van der Waals surface area contributed by atoms with Crippen LogP contribution in [0.3, 0.4) is 0 Å². The molecule has 0 amide bonds. The van der Waals surface area contributed by atoms with E-state index in [1.54, 1.807) is 14.2 Å². The fourth-order valence-corrected chi connectivity index (χ4v) is 1.63. The average Bonchev–Trinajstić information content (AvgIpc) is 2.45. The van der Waals surface area contributed by atoms with Crippen molar-refractivity contribution in [1.82, 2.24) is 5.32 Å². The molecule has 1 N–H and O–H groups in total. The summed E-state index contributed by atoms with van der Waals surface area (Å²) in [5, 5.41) is 3.34. The van der Waals surface area contributed by atoms with Crippen LogP contribution in [0.15, 0.2) is 18.2 Å². The summed E-state index contributed by atoms with van der Waals surface area (Å²) in [6.45, 7) is 2.72. The lowest BCUT2D eigenvalue weighted by Crippen LogP contribution is -2.16. The molecule has 0 saturated carbocycles. The smallest absolute Gasteiger partial charge is 0.162 e. The lowest BCUT2D eigenvalue weighted by molar-refractivity contribution is 0.194. The van der Waals surface area contributed by atoms with Gasteiger partial charge in [-0.3, -0.25) is 0 Å². The molecular formula is C15H22ClNO3. The summed E-state index contributed by atoms with van der Waals surface area (Å²) in [5.41, 5.74) is 1.14. The van der Waals surface area contributed by atoms with E-state index in [1.165, 1.54) is 0 Å². The van der Waals surface area contributed by atoms with Gasteiger partial charge in [0.15, 0.2) is 11.5 Å². The van der Waals surface area contributed by atoms with E-state index in [0.717, 1.165) is 31.7 Å². The predicted molar refractivity (Wildman–Crippen MR) is 82.8 cm³/mol. The fraction of sp³-hybridized carbons (Fsp3) is 0.467. The largest absolute Gasteiger partial charge is 0.493 e.